The van der Waals surface area contributed by atoms with Crippen molar-refractivity contribution in [1.29, 1.82) is 0 Å². The molecule has 0 amide bonds. The van der Waals surface area contributed by atoms with Crippen molar-refractivity contribution in [2.45, 2.75) is 38.3 Å². The fraction of sp³-hybridized carbons (Fsp3) is 0.538. The number of fused-ring (bicyclic) bond motifs is 1. The SMILES string of the molecule is C=Nc1c(F)c(N2CCNC(C)C2)c(OC)c2c1c(=O)c(C(=O)O)c([N+](=C)CCCN(C)C)n2C1CC1. The van der Waals surface area contributed by atoms with Gasteiger partial charge in [-0.05, 0) is 47.0 Å². The number of nitrogens with zero attached hydrogens (tertiary/aromatic N) is 5. The Morgan fingerprint density at radius 2 is 2.08 bits per heavy atom. The second-order valence-corrected chi connectivity index (χ2v) is 10.1. The van der Waals surface area contributed by atoms with Gasteiger partial charge in [-0.3, -0.25) is 9.79 Å². The Balaban J connectivity index is 2.11. The molecular formula is C26H36FN6O4+. The lowest BCUT2D eigenvalue weighted by Crippen LogP contribution is -2.49. The average molecular weight is 516 g/mol. The molecule has 2 N–H and O–H groups in total. The minimum absolute atomic E-state index is 0.0823. The molecule has 1 unspecified atom stereocenters. The molecule has 0 bridgehead atoms. The highest BCUT2D eigenvalue weighted by molar-refractivity contribution is 6.05. The van der Waals surface area contributed by atoms with Crippen LogP contribution in [0, 0.1) is 5.82 Å². The number of carboxylic acid groups (broad SMARTS) is 1. The van der Waals surface area contributed by atoms with Crippen molar-refractivity contribution >= 4 is 47.5 Å². The molecule has 0 spiro atoms. The molecule has 1 aliphatic heterocycles. The van der Waals surface area contributed by atoms with Gasteiger partial charge in [-0.15, -0.1) is 0 Å². The third-order valence-corrected chi connectivity index (χ3v) is 6.97. The van der Waals surface area contributed by atoms with Crippen molar-refractivity contribution in [2.75, 3.05) is 58.8 Å². The van der Waals surface area contributed by atoms with Crippen LogP contribution in [0.5, 0.6) is 5.75 Å². The fourth-order valence-electron chi connectivity index (χ4n) is 5.19. The summed E-state index contributed by atoms with van der Waals surface area (Å²) in [7, 11) is 5.35. The van der Waals surface area contributed by atoms with Gasteiger partial charge in [0.25, 0.3) is 0 Å². The number of hydrogen-bond donors (Lipinski definition) is 2. The average Bonchev–Trinajstić information content (AvgIpc) is 3.67. The van der Waals surface area contributed by atoms with Crippen LogP contribution in [0.2, 0.25) is 0 Å². The Morgan fingerprint density at radius 3 is 2.62 bits per heavy atom. The monoisotopic (exact) mass is 515 g/mol. The highest BCUT2D eigenvalue weighted by atomic mass is 19.1. The summed E-state index contributed by atoms with van der Waals surface area (Å²) in [5, 5.41) is 13.4. The summed E-state index contributed by atoms with van der Waals surface area (Å²) in [5.41, 5.74) is -0.990. The van der Waals surface area contributed by atoms with Crippen LogP contribution in [0.3, 0.4) is 0 Å². The van der Waals surface area contributed by atoms with Crippen LogP contribution >= 0.6 is 0 Å². The number of nitrogens with one attached hydrogen (secondary N) is 1. The maximum absolute atomic E-state index is 16.1. The van der Waals surface area contributed by atoms with E-state index in [0.29, 0.717) is 38.1 Å². The predicted octanol–water partition coefficient (Wildman–Crippen LogP) is 2.61. The lowest BCUT2D eigenvalue weighted by Gasteiger charge is -2.35. The number of carbonyl (C=O) groups is 1. The van der Waals surface area contributed by atoms with Crippen molar-refractivity contribution in [1.82, 2.24) is 14.8 Å². The lowest BCUT2D eigenvalue weighted by atomic mass is 10.0. The first-order valence-corrected chi connectivity index (χ1v) is 12.5. The predicted molar refractivity (Wildman–Crippen MR) is 144 cm³/mol. The number of halogens is 1. The number of rotatable bonds is 10. The molecule has 1 aromatic heterocycles. The fourth-order valence-corrected chi connectivity index (χ4v) is 5.19. The standard InChI is InChI=1S/C26H35FN6O4/c1-15-14-32(13-10-29-15)22-19(27)20(28-2)17-21(24(22)37-6)33(16-8-9-16)25(18(23(17)34)26(35)36)31(5)12-7-11-30(3)4/h15-16,29H,2,5,7-14H2,1,3-4,6H3/p+1. The molecule has 4 rings (SSSR count). The van der Waals surface area contributed by atoms with E-state index in [2.05, 4.69) is 23.7 Å². The largest absolute Gasteiger partial charge is 0.490 e. The smallest absolute Gasteiger partial charge is 0.348 e. The molecule has 37 heavy (non-hydrogen) atoms. The van der Waals surface area contributed by atoms with Gasteiger partial charge in [-0.2, -0.15) is 0 Å². The number of carboxylic acids is 1. The summed E-state index contributed by atoms with van der Waals surface area (Å²) in [4.78, 5) is 34.1. The Hall–Kier alpha value is -3.31. The zero-order valence-corrected chi connectivity index (χ0v) is 22.0. The Bertz CT molecular complexity index is 1320. The van der Waals surface area contributed by atoms with Crippen LogP contribution in [0.15, 0.2) is 9.79 Å². The summed E-state index contributed by atoms with van der Waals surface area (Å²) >= 11 is 0. The lowest BCUT2D eigenvalue weighted by molar-refractivity contribution is -0.438. The number of hydrogen-bond acceptors (Lipinski definition) is 7. The van der Waals surface area contributed by atoms with E-state index in [1.54, 1.807) is 4.58 Å². The van der Waals surface area contributed by atoms with Crippen LogP contribution in [0.25, 0.3) is 10.9 Å². The Kier molecular flexibility index (Phi) is 7.65. The molecule has 2 aromatic rings. The van der Waals surface area contributed by atoms with Crippen molar-refractivity contribution < 1.29 is 23.6 Å². The Morgan fingerprint density at radius 1 is 1.38 bits per heavy atom. The molecule has 2 heterocycles. The van der Waals surface area contributed by atoms with Crippen LogP contribution in [0.4, 0.5) is 21.6 Å². The third kappa shape index (κ3) is 4.85. The van der Waals surface area contributed by atoms with E-state index in [1.807, 2.05) is 35.4 Å². The van der Waals surface area contributed by atoms with Gasteiger partial charge in [0.15, 0.2) is 22.6 Å². The first-order chi connectivity index (χ1) is 17.6. The zero-order valence-electron chi connectivity index (χ0n) is 22.0. The van der Waals surface area contributed by atoms with Crippen molar-refractivity contribution in [2.24, 2.45) is 4.99 Å². The number of aliphatic imine (C=N–C) groups is 1. The van der Waals surface area contributed by atoms with Crippen LogP contribution in [-0.2, 0) is 0 Å². The number of methoxy groups -OCH3 is 1. The van der Waals surface area contributed by atoms with Gasteiger partial charge < -0.3 is 25.0 Å². The summed E-state index contributed by atoms with van der Waals surface area (Å²) in [6.45, 7) is 12.6. The highest BCUT2D eigenvalue weighted by Crippen LogP contribution is 2.49. The summed E-state index contributed by atoms with van der Waals surface area (Å²) in [6.07, 6.45) is 2.27. The van der Waals surface area contributed by atoms with E-state index in [4.69, 9.17) is 4.74 Å². The maximum Gasteiger partial charge on any atom is 0.348 e. The van der Waals surface area contributed by atoms with Crippen LogP contribution in [-0.4, -0.2) is 98.5 Å². The molecule has 11 heteroatoms. The molecule has 0 radical (unpaired) electrons. The molecule has 1 saturated carbocycles. The molecule has 1 saturated heterocycles. The maximum atomic E-state index is 16.1. The second kappa shape index (κ2) is 10.6. The topological polar surface area (TPSA) is 102 Å². The molecule has 10 nitrogen and oxygen atoms in total. The number of aromatic nitrogens is 1. The Labute approximate surface area is 215 Å². The van der Waals surface area contributed by atoms with Gasteiger partial charge in [0.05, 0.1) is 20.4 Å². The van der Waals surface area contributed by atoms with E-state index < -0.39 is 22.8 Å². The number of pyridine rings is 1. The number of aromatic carboxylic acids is 1. The van der Waals surface area contributed by atoms with E-state index in [9.17, 15) is 14.7 Å². The second-order valence-electron chi connectivity index (χ2n) is 10.1. The normalized spacial score (nSPS) is 17.9. The minimum Gasteiger partial charge on any atom is -0.490 e. The first kappa shape index (κ1) is 26.7. The van der Waals surface area contributed by atoms with Crippen molar-refractivity contribution in [3.05, 3.63) is 21.6 Å². The number of benzene rings is 1. The van der Waals surface area contributed by atoms with E-state index in [-0.39, 0.29) is 40.4 Å². The minimum atomic E-state index is -1.40. The van der Waals surface area contributed by atoms with Crippen LogP contribution < -0.4 is 20.4 Å². The summed E-state index contributed by atoms with van der Waals surface area (Å²) in [6, 6.07) is 0.0254. The molecule has 1 aliphatic carbocycles. The molecular weight excluding hydrogens is 479 g/mol. The molecule has 1 atom stereocenters. The number of anilines is 1. The summed E-state index contributed by atoms with van der Waals surface area (Å²) < 4.78 is 25.3. The molecule has 2 fully saturated rings. The zero-order chi connectivity index (χ0) is 27.0. The van der Waals surface area contributed by atoms with E-state index in [0.717, 1.165) is 19.4 Å². The van der Waals surface area contributed by atoms with Gasteiger partial charge in [0, 0.05) is 32.2 Å². The number of piperazine rings is 1. The first-order valence-electron chi connectivity index (χ1n) is 12.5. The number of ether oxygens (including phenoxy) is 1. The van der Waals surface area contributed by atoms with Gasteiger partial charge in [0.2, 0.25) is 5.43 Å². The van der Waals surface area contributed by atoms with E-state index in [1.165, 1.54) is 7.11 Å². The van der Waals surface area contributed by atoms with E-state index >= 15 is 4.39 Å². The highest BCUT2D eigenvalue weighted by Gasteiger charge is 2.42. The molecule has 1 aromatic carbocycles. The van der Waals surface area contributed by atoms with Gasteiger partial charge in [-0.25, -0.2) is 18.3 Å². The van der Waals surface area contributed by atoms with Gasteiger partial charge in [0.1, 0.15) is 22.8 Å². The third-order valence-electron chi connectivity index (χ3n) is 6.97. The quantitative estimate of drug-likeness (QED) is 0.370. The van der Waals surface area contributed by atoms with Crippen molar-refractivity contribution in [3.8, 4) is 5.75 Å². The molecule has 200 valence electrons. The molecule has 2 aliphatic rings. The van der Waals surface area contributed by atoms with Crippen LogP contribution in [0.1, 0.15) is 42.6 Å². The van der Waals surface area contributed by atoms with Gasteiger partial charge >= 0.3 is 11.8 Å². The summed E-state index contributed by atoms with van der Waals surface area (Å²) in [5.74, 6) is -1.75. The van der Waals surface area contributed by atoms with Gasteiger partial charge in [-0.1, -0.05) is 0 Å². The van der Waals surface area contributed by atoms with Crippen molar-refractivity contribution in [3.63, 3.8) is 0 Å².